The fraction of sp³-hybridized carbons (Fsp3) is 0. The summed E-state index contributed by atoms with van der Waals surface area (Å²) in [6.07, 6.45) is 17.4. The van der Waals surface area contributed by atoms with Crippen molar-refractivity contribution in [3.8, 4) is 0 Å². The molecule has 198 valence electrons. The van der Waals surface area contributed by atoms with Crippen LogP contribution in [0.4, 0.5) is 0 Å². The van der Waals surface area contributed by atoms with Crippen molar-refractivity contribution in [2.45, 2.75) is 0 Å². The third-order valence-electron chi connectivity index (χ3n) is 5.86. The molecule has 0 saturated heterocycles. The summed E-state index contributed by atoms with van der Waals surface area (Å²) in [5.74, 6) is 0. The molecular formula is C34H28Cl2P2Pd. The van der Waals surface area contributed by atoms with E-state index in [0.717, 1.165) is 0 Å². The summed E-state index contributed by atoms with van der Waals surface area (Å²) in [4.78, 5) is 0. The molecule has 0 atom stereocenters. The Bertz CT molecular complexity index is 993. The van der Waals surface area contributed by atoms with Crippen LogP contribution in [-0.4, -0.2) is 0 Å². The molecule has 5 heteroatoms. The molecule has 0 aromatic heterocycles. The minimum atomic E-state index is -0.409. The van der Waals surface area contributed by atoms with E-state index in [-0.39, 0.29) is 15.9 Å². The molecule has 0 nitrogen and oxygen atoms in total. The van der Waals surface area contributed by atoms with Crippen molar-refractivity contribution in [3.05, 3.63) is 184 Å². The van der Waals surface area contributed by atoms with E-state index in [4.69, 9.17) is 19.1 Å². The van der Waals surface area contributed by atoms with Crippen LogP contribution in [-0.2, 0) is 15.9 Å². The van der Waals surface area contributed by atoms with E-state index in [1.54, 1.807) is 0 Å². The predicted molar refractivity (Wildman–Crippen MR) is 171 cm³/mol. The molecule has 6 rings (SSSR count). The van der Waals surface area contributed by atoms with E-state index in [0.29, 0.717) is 0 Å². The van der Waals surface area contributed by atoms with E-state index in [9.17, 15) is 0 Å². The topological polar surface area (TPSA) is 0 Å². The van der Waals surface area contributed by atoms with Gasteiger partial charge in [-0.15, -0.1) is 0 Å². The fourth-order valence-corrected chi connectivity index (χ4v) is 8.84. The van der Waals surface area contributed by atoms with E-state index in [2.05, 4.69) is 173 Å². The first kappa shape index (κ1) is 30.9. The normalized spacial score (nSPS) is 15.6. The Balaban J connectivity index is 0.000000165. The van der Waals surface area contributed by atoms with Crippen molar-refractivity contribution < 1.29 is 15.9 Å². The second kappa shape index (κ2) is 17.7. The number of hydrogen-bond acceptors (Lipinski definition) is 0. The Hall–Kier alpha value is -1.02. The van der Waals surface area contributed by atoms with E-state index in [1.807, 2.05) is 0 Å². The Morgan fingerprint density at radius 2 is 0.564 bits per heavy atom. The number of rotatable bonds is 6. The van der Waals surface area contributed by atoms with Crippen molar-refractivity contribution in [1.82, 2.24) is 0 Å². The van der Waals surface area contributed by atoms with Crippen molar-refractivity contribution in [2.24, 2.45) is 0 Å². The third-order valence-corrected chi connectivity index (χ3v) is 10.8. The summed E-state index contributed by atoms with van der Waals surface area (Å²) in [5, 5.41) is 5.63. The average molecular weight is 676 g/mol. The molecule has 0 bridgehead atoms. The Kier molecular flexibility index (Phi) is 14.1. The molecule has 0 spiro atoms. The standard InChI is InChI=1S/2C17H14P.2ClH.Pd/c2*1-3-9-15(10-4-1)18(17-13-7-8-14-17)16-11-5-2-6-12-16;;;/h2*1-14H;2*1H;/q;;;;+2/p-2. The van der Waals surface area contributed by atoms with Gasteiger partial charge < -0.3 is 0 Å². The monoisotopic (exact) mass is 674 g/mol. The van der Waals surface area contributed by atoms with Gasteiger partial charge in [0, 0.05) is 11.3 Å². The predicted octanol–water partition coefficient (Wildman–Crippen LogP) is 8.34. The van der Waals surface area contributed by atoms with Gasteiger partial charge in [-0.05, 0) is 88.4 Å². The minimum absolute atomic E-state index is 0.106. The van der Waals surface area contributed by atoms with Gasteiger partial charge >= 0.3 is 35.0 Å². The number of halogens is 2. The fourth-order valence-electron chi connectivity index (χ4n) is 4.23. The maximum absolute atomic E-state index is 4.81. The van der Waals surface area contributed by atoms with Crippen LogP contribution in [0, 0.1) is 62.7 Å². The first-order chi connectivity index (χ1) is 19.3. The molecule has 0 unspecified atom stereocenters. The second-order valence-corrected chi connectivity index (χ2v) is 15.1. The summed E-state index contributed by atoms with van der Waals surface area (Å²) in [5.41, 5.74) is 2.84. The number of hydrogen-bond donors (Lipinski definition) is 0. The van der Waals surface area contributed by atoms with Gasteiger partial charge in [-0.25, -0.2) is 0 Å². The first-order valence-electron chi connectivity index (χ1n) is 12.4. The SMILES string of the molecule is [CH]1[CH][CH][C](P(c2ccccc2)c2ccccc2)[CH]1.[CH]1[CH][CH][C](P(c2ccccc2)c2ccccc2)[CH]1.[Cl][Pd][Cl]. The second-order valence-electron chi connectivity index (χ2n) is 8.34. The van der Waals surface area contributed by atoms with Crippen LogP contribution in [0.2, 0.25) is 0 Å². The zero-order valence-corrected chi connectivity index (χ0v) is 26.0. The molecule has 4 aromatic rings. The van der Waals surface area contributed by atoms with Crippen LogP contribution >= 0.6 is 34.9 Å². The molecule has 4 aromatic carbocycles. The molecule has 10 radical (unpaired) electrons. The zero-order valence-electron chi connectivity index (χ0n) is 21.1. The summed E-state index contributed by atoms with van der Waals surface area (Å²) >= 11 is -0.106. The summed E-state index contributed by atoms with van der Waals surface area (Å²) in [6.45, 7) is 0. The molecular weight excluding hydrogens is 648 g/mol. The molecule has 39 heavy (non-hydrogen) atoms. The van der Waals surface area contributed by atoms with Crippen LogP contribution in [0.5, 0.6) is 0 Å². The van der Waals surface area contributed by atoms with Gasteiger partial charge in [0.15, 0.2) is 0 Å². The van der Waals surface area contributed by atoms with Crippen LogP contribution in [0.3, 0.4) is 0 Å². The molecule has 2 saturated carbocycles. The van der Waals surface area contributed by atoms with Crippen LogP contribution in [0.15, 0.2) is 121 Å². The average Bonchev–Trinajstić information content (AvgIpc) is 3.72. The van der Waals surface area contributed by atoms with Gasteiger partial charge in [-0.1, -0.05) is 121 Å². The van der Waals surface area contributed by atoms with Crippen LogP contribution in [0.25, 0.3) is 0 Å². The van der Waals surface area contributed by atoms with Crippen molar-refractivity contribution in [2.75, 3.05) is 0 Å². The van der Waals surface area contributed by atoms with Gasteiger partial charge in [0.1, 0.15) is 0 Å². The van der Waals surface area contributed by atoms with E-state index < -0.39 is 15.8 Å². The number of benzene rings is 4. The van der Waals surface area contributed by atoms with Crippen molar-refractivity contribution in [3.63, 3.8) is 0 Å². The maximum atomic E-state index is 4.81. The quantitative estimate of drug-likeness (QED) is 0.142. The van der Waals surface area contributed by atoms with Gasteiger partial charge in [0.25, 0.3) is 0 Å². The summed E-state index contributed by atoms with van der Waals surface area (Å²) in [6, 6.07) is 43.1. The van der Waals surface area contributed by atoms with E-state index in [1.165, 1.54) is 32.5 Å². The first-order valence-corrected chi connectivity index (χ1v) is 19.1. The Labute approximate surface area is 254 Å². The van der Waals surface area contributed by atoms with Crippen LogP contribution < -0.4 is 21.2 Å². The molecule has 0 aliphatic heterocycles. The zero-order chi connectivity index (χ0) is 27.1. The molecule has 0 amide bonds. The van der Waals surface area contributed by atoms with Gasteiger partial charge in [-0.2, -0.15) is 0 Å². The summed E-state index contributed by atoms with van der Waals surface area (Å²) < 4.78 is 0. The van der Waals surface area contributed by atoms with Gasteiger partial charge in [0.2, 0.25) is 0 Å². The van der Waals surface area contributed by atoms with Crippen LogP contribution in [0.1, 0.15) is 0 Å². The van der Waals surface area contributed by atoms with Gasteiger partial charge in [-0.3, -0.25) is 0 Å². The molecule has 0 N–H and O–H groups in total. The molecule has 2 aliphatic rings. The van der Waals surface area contributed by atoms with Crippen molar-refractivity contribution in [1.29, 1.82) is 0 Å². The summed E-state index contributed by atoms with van der Waals surface area (Å²) in [7, 11) is 8.81. The molecule has 2 aliphatic carbocycles. The van der Waals surface area contributed by atoms with Gasteiger partial charge in [0.05, 0.1) is 0 Å². The van der Waals surface area contributed by atoms with Crippen molar-refractivity contribution >= 4 is 56.1 Å². The molecule has 0 heterocycles. The Morgan fingerprint density at radius 1 is 0.359 bits per heavy atom. The Morgan fingerprint density at radius 3 is 0.769 bits per heavy atom. The third kappa shape index (κ3) is 9.51. The molecule has 2 fully saturated rings. The van der Waals surface area contributed by atoms with E-state index >= 15 is 0 Å².